The van der Waals surface area contributed by atoms with Crippen molar-refractivity contribution in [2.75, 3.05) is 25.6 Å². The number of hydrogen-bond acceptors (Lipinski definition) is 5. The number of carbonyl (C=O) groups is 2. The van der Waals surface area contributed by atoms with E-state index in [2.05, 4.69) is 5.32 Å². The van der Waals surface area contributed by atoms with Crippen LogP contribution in [0.3, 0.4) is 0 Å². The van der Waals surface area contributed by atoms with Gasteiger partial charge in [0.05, 0.1) is 26.4 Å². The highest BCUT2D eigenvalue weighted by Gasteiger charge is 2.39. The van der Waals surface area contributed by atoms with Gasteiger partial charge in [-0.1, -0.05) is 13.8 Å². The van der Waals surface area contributed by atoms with Crippen LogP contribution in [0.25, 0.3) is 0 Å². The summed E-state index contributed by atoms with van der Waals surface area (Å²) in [6.45, 7) is 4.23. The summed E-state index contributed by atoms with van der Waals surface area (Å²) in [5, 5.41) is 12.6. The van der Waals surface area contributed by atoms with Crippen molar-refractivity contribution in [1.29, 1.82) is 0 Å². The molecule has 1 aromatic rings. The number of ether oxygens (including phenoxy) is 2. The van der Waals surface area contributed by atoms with E-state index >= 15 is 0 Å². The summed E-state index contributed by atoms with van der Waals surface area (Å²) < 4.78 is 10.2. The van der Waals surface area contributed by atoms with Gasteiger partial charge < -0.3 is 19.9 Å². The third kappa shape index (κ3) is 4.61. The van der Waals surface area contributed by atoms with Crippen molar-refractivity contribution >= 4 is 17.7 Å². The number of methoxy groups -OCH3 is 1. The quantitative estimate of drug-likeness (QED) is 0.857. The first kappa shape index (κ1) is 18.1. The molecule has 0 aromatic heterocycles. The summed E-state index contributed by atoms with van der Waals surface area (Å²) in [5.41, 5.74) is 0.595. The lowest BCUT2D eigenvalue weighted by Gasteiger charge is -2.23. The maximum Gasteiger partial charge on any atom is 0.410 e. The van der Waals surface area contributed by atoms with Crippen LogP contribution in [-0.4, -0.2) is 54.4 Å². The van der Waals surface area contributed by atoms with E-state index in [1.54, 1.807) is 31.4 Å². The summed E-state index contributed by atoms with van der Waals surface area (Å²) in [6.07, 6.45) is -1.11. The van der Waals surface area contributed by atoms with Gasteiger partial charge in [0.15, 0.2) is 0 Å². The predicted molar refractivity (Wildman–Crippen MR) is 88.9 cm³/mol. The Kier molecular flexibility index (Phi) is 6.03. The Labute approximate surface area is 141 Å². The number of amides is 2. The van der Waals surface area contributed by atoms with Crippen molar-refractivity contribution < 1.29 is 24.2 Å². The van der Waals surface area contributed by atoms with Crippen molar-refractivity contribution in [2.24, 2.45) is 5.92 Å². The van der Waals surface area contributed by atoms with Gasteiger partial charge in [-0.3, -0.25) is 9.69 Å². The molecule has 0 aliphatic carbocycles. The molecule has 0 bridgehead atoms. The standard InChI is InChI=1S/C17H24N2O5/c1-11(2)10-24-17(22)19-9-13(20)8-15(19)16(21)18-12-4-6-14(23-3)7-5-12/h4-7,11,13,15,20H,8-10H2,1-3H3,(H,18,21). The van der Waals surface area contributed by atoms with E-state index in [1.165, 1.54) is 4.90 Å². The molecule has 7 nitrogen and oxygen atoms in total. The molecule has 0 saturated carbocycles. The van der Waals surface area contributed by atoms with Gasteiger partial charge in [0.25, 0.3) is 0 Å². The lowest BCUT2D eigenvalue weighted by Crippen LogP contribution is -2.43. The molecule has 132 valence electrons. The van der Waals surface area contributed by atoms with E-state index in [4.69, 9.17) is 9.47 Å². The molecule has 1 saturated heterocycles. The van der Waals surface area contributed by atoms with E-state index in [9.17, 15) is 14.7 Å². The number of aliphatic hydroxyl groups is 1. The SMILES string of the molecule is COc1ccc(NC(=O)C2CC(O)CN2C(=O)OCC(C)C)cc1. The van der Waals surface area contributed by atoms with Crippen LogP contribution in [0.2, 0.25) is 0 Å². The first-order valence-electron chi connectivity index (χ1n) is 7.97. The third-order valence-electron chi connectivity index (χ3n) is 3.71. The zero-order chi connectivity index (χ0) is 17.7. The molecule has 1 aliphatic rings. The maximum absolute atomic E-state index is 12.5. The van der Waals surface area contributed by atoms with E-state index in [0.29, 0.717) is 11.4 Å². The minimum atomic E-state index is -0.748. The summed E-state index contributed by atoms with van der Waals surface area (Å²) >= 11 is 0. The Morgan fingerprint density at radius 3 is 2.58 bits per heavy atom. The minimum absolute atomic E-state index is 0.0949. The number of β-amino-alcohol motifs (C(OH)–C–C–N with tert-alkyl or cyclic N) is 1. The molecular formula is C17H24N2O5. The Morgan fingerprint density at radius 2 is 2.00 bits per heavy atom. The Morgan fingerprint density at radius 1 is 1.33 bits per heavy atom. The molecule has 1 aromatic carbocycles. The fourth-order valence-electron chi connectivity index (χ4n) is 2.48. The van der Waals surface area contributed by atoms with Crippen molar-refractivity contribution in [2.45, 2.75) is 32.4 Å². The van der Waals surface area contributed by atoms with Crippen LogP contribution >= 0.6 is 0 Å². The minimum Gasteiger partial charge on any atom is -0.497 e. The number of aliphatic hydroxyl groups excluding tert-OH is 1. The van der Waals surface area contributed by atoms with Crippen molar-refractivity contribution in [3.8, 4) is 5.75 Å². The topological polar surface area (TPSA) is 88.1 Å². The molecule has 1 aliphatic heterocycles. The molecule has 2 atom stereocenters. The van der Waals surface area contributed by atoms with Crippen LogP contribution in [0.4, 0.5) is 10.5 Å². The molecule has 0 radical (unpaired) electrons. The molecule has 24 heavy (non-hydrogen) atoms. The number of benzene rings is 1. The Balaban J connectivity index is 2.00. The van der Waals surface area contributed by atoms with Crippen LogP contribution < -0.4 is 10.1 Å². The Hall–Kier alpha value is -2.28. The summed E-state index contributed by atoms with van der Waals surface area (Å²) in [6, 6.07) is 6.14. The number of anilines is 1. The molecular weight excluding hydrogens is 312 g/mol. The average molecular weight is 336 g/mol. The zero-order valence-corrected chi connectivity index (χ0v) is 14.2. The number of rotatable bonds is 5. The van der Waals surface area contributed by atoms with Crippen LogP contribution in [0.5, 0.6) is 5.75 Å². The molecule has 2 unspecified atom stereocenters. The second kappa shape index (κ2) is 8.01. The fourth-order valence-corrected chi connectivity index (χ4v) is 2.48. The predicted octanol–water partition coefficient (Wildman–Crippen LogP) is 1.86. The van der Waals surface area contributed by atoms with Crippen LogP contribution in [-0.2, 0) is 9.53 Å². The highest BCUT2D eigenvalue weighted by molar-refractivity contribution is 5.97. The van der Waals surface area contributed by atoms with Gasteiger partial charge in [-0.05, 0) is 30.2 Å². The van der Waals surface area contributed by atoms with E-state index < -0.39 is 18.2 Å². The molecule has 2 amide bonds. The van der Waals surface area contributed by atoms with E-state index in [1.807, 2.05) is 13.8 Å². The molecule has 0 spiro atoms. The first-order chi connectivity index (χ1) is 11.4. The lowest BCUT2D eigenvalue weighted by molar-refractivity contribution is -0.120. The second-order valence-electron chi connectivity index (χ2n) is 6.25. The van der Waals surface area contributed by atoms with Gasteiger partial charge in [-0.2, -0.15) is 0 Å². The van der Waals surface area contributed by atoms with Gasteiger partial charge in [0.2, 0.25) is 5.91 Å². The number of nitrogens with one attached hydrogen (secondary N) is 1. The molecule has 1 fully saturated rings. The van der Waals surface area contributed by atoms with Gasteiger partial charge >= 0.3 is 6.09 Å². The number of hydrogen-bond donors (Lipinski definition) is 2. The number of nitrogens with zero attached hydrogens (tertiary/aromatic N) is 1. The van der Waals surface area contributed by atoms with Crippen LogP contribution in [0, 0.1) is 5.92 Å². The van der Waals surface area contributed by atoms with Gasteiger partial charge in [0.1, 0.15) is 11.8 Å². The lowest BCUT2D eigenvalue weighted by atomic mass is 10.2. The number of likely N-dealkylation sites (tertiary alicyclic amines) is 1. The van der Waals surface area contributed by atoms with Crippen molar-refractivity contribution in [3.05, 3.63) is 24.3 Å². The first-order valence-corrected chi connectivity index (χ1v) is 7.97. The highest BCUT2D eigenvalue weighted by atomic mass is 16.6. The zero-order valence-electron chi connectivity index (χ0n) is 14.2. The van der Waals surface area contributed by atoms with E-state index in [0.717, 1.165) is 0 Å². The number of carbonyl (C=O) groups excluding carboxylic acids is 2. The average Bonchev–Trinajstić information content (AvgIpc) is 2.95. The summed E-state index contributed by atoms with van der Waals surface area (Å²) in [7, 11) is 1.56. The van der Waals surface area contributed by atoms with Crippen molar-refractivity contribution in [3.63, 3.8) is 0 Å². The molecule has 2 N–H and O–H groups in total. The third-order valence-corrected chi connectivity index (χ3v) is 3.71. The van der Waals surface area contributed by atoms with Gasteiger partial charge in [-0.15, -0.1) is 0 Å². The summed E-state index contributed by atoms with van der Waals surface area (Å²) in [4.78, 5) is 25.9. The Bertz CT molecular complexity index is 573. The molecule has 1 heterocycles. The monoisotopic (exact) mass is 336 g/mol. The van der Waals surface area contributed by atoms with E-state index in [-0.39, 0.29) is 31.4 Å². The molecule has 7 heteroatoms. The van der Waals surface area contributed by atoms with Crippen LogP contribution in [0.1, 0.15) is 20.3 Å². The van der Waals surface area contributed by atoms with Gasteiger partial charge in [-0.25, -0.2) is 4.79 Å². The largest absolute Gasteiger partial charge is 0.497 e. The fraction of sp³-hybridized carbons (Fsp3) is 0.529. The van der Waals surface area contributed by atoms with Crippen molar-refractivity contribution in [1.82, 2.24) is 4.90 Å². The second-order valence-corrected chi connectivity index (χ2v) is 6.25. The van der Waals surface area contributed by atoms with Crippen LogP contribution in [0.15, 0.2) is 24.3 Å². The normalized spacial score (nSPS) is 20.1. The summed E-state index contributed by atoms with van der Waals surface area (Å²) in [5.74, 6) is 0.537. The molecule has 2 rings (SSSR count). The highest BCUT2D eigenvalue weighted by Crippen LogP contribution is 2.22. The maximum atomic E-state index is 12.5. The smallest absolute Gasteiger partial charge is 0.410 e. The van der Waals surface area contributed by atoms with Gasteiger partial charge in [0, 0.05) is 12.1 Å².